The number of hydrogen-bond acceptors (Lipinski definition) is 6. The molecule has 0 aromatic heterocycles. The third-order valence-electron chi connectivity index (χ3n) is 4.66. The molecule has 0 saturated carbocycles. The van der Waals surface area contributed by atoms with Crippen LogP contribution >= 0.6 is 0 Å². The fourth-order valence-electron chi connectivity index (χ4n) is 3.08. The Morgan fingerprint density at radius 1 is 1.19 bits per heavy atom. The Hall–Kier alpha value is -3.61. The van der Waals surface area contributed by atoms with Crippen molar-refractivity contribution in [3.8, 4) is 11.5 Å². The van der Waals surface area contributed by atoms with E-state index in [4.69, 9.17) is 14.2 Å². The van der Waals surface area contributed by atoms with E-state index < -0.39 is 12.1 Å². The number of benzene rings is 2. The van der Waals surface area contributed by atoms with Crippen molar-refractivity contribution in [3.05, 3.63) is 64.9 Å². The van der Waals surface area contributed by atoms with Gasteiger partial charge < -0.3 is 19.1 Å². The number of carbonyl (C=O) groups is 2. The van der Waals surface area contributed by atoms with Gasteiger partial charge in [-0.25, -0.2) is 9.79 Å². The molecule has 162 valence electrons. The van der Waals surface area contributed by atoms with Crippen LogP contribution in [0.3, 0.4) is 0 Å². The second-order valence-corrected chi connectivity index (χ2v) is 7.28. The Morgan fingerprint density at radius 3 is 2.61 bits per heavy atom. The summed E-state index contributed by atoms with van der Waals surface area (Å²) in [6.45, 7) is 5.90. The number of rotatable bonds is 7. The van der Waals surface area contributed by atoms with Crippen LogP contribution in [0.1, 0.15) is 30.5 Å². The minimum absolute atomic E-state index is 0.152. The lowest BCUT2D eigenvalue weighted by molar-refractivity contribution is -0.135. The molecule has 0 spiro atoms. The topological polar surface area (TPSA) is 77.4 Å². The second-order valence-electron chi connectivity index (χ2n) is 7.28. The van der Waals surface area contributed by atoms with Crippen LogP contribution < -0.4 is 9.47 Å². The molecule has 0 radical (unpaired) electrons. The summed E-state index contributed by atoms with van der Waals surface area (Å²) >= 11 is 0. The number of hydrogen-bond donors (Lipinski definition) is 0. The van der Waals surface area contributed by atoms with Crippen LogP contribution in [0.5, 0.6) is 11.5 Å². The van der Waals surface area contributed by atoms with E-state index in [-0.39, 0.29) is 17.5 Å². The molecule has 7 nitrogen and oxygen atoms in total. The van der Waals surface area contributed by atoms with E-state index in [9.17, 15) is 9.59 Å². The molecular weight excluding hydrogens is 396 g/mol. The molecule has 1 atom stereocenters. The number of esters is 1. The molecule has 1 amide bonds. The van der Waals surface area contributed by atoms with Gasteiger partial charge in [-0.3, -0.25) is 4.79 Å². The summed E-state index contributed by atoms with van der Waals surface area (Å²) in [5.41, 5.74) is 2.64. The number of cyclic esters (lactones) is 1. The highest BCUT2D eigenvalue weighted by Crippen LogP contribution is 2.31. The second kappa shape index (κ2) is 9.47. The van der Waals surface area contributed by atoms with E-state index in [2.05, 4.69) is 4.99 Å². The van der Waals surface area contributed by atoms with Gasteiger partial charge in [-0.1, -0.05) is 24.3 Å². The Labute approximate surface area is 181 Å². The van der Waals surface area contributed by atoms with Crippen LogP contribution in [0.15, 0.2) is 53.2 Å². The smallest absolute Gasteiger partial charge is 0.363 e. The molecule has 0 aliphatic carbocycles. The van der Waals surface area contributed by atoms with Gasteiger partial charge in [0.1, 0.15) is 0 Å². The summed E-state index contributed by atoms with van der Waals surface area (Å²) in [5.74, 6) is 0.548. The third-order valence-corrected chi connectivity index (χ3v) is 4.66. The normalized spacial score (nSPS) is 15.3. The highest BCUT2D eigenvalue weighted by molar-refractivity contribution is 6.13. The lowest BCUT2D eigenvalue weighted by Gasteiger charge is -2.20. The first kappa shape index (κ1) is 22.1. The number of aryl methyl sites for hydroxylation is 1. The first-order valence-electron chi connectivity index (χ1n) is 10.0. The van der Waals surface area contributed by atoms with Gasteiger partial charge in [0.05, 0.1) is 6.61 Å². The summed E-state index contributed by atoms with van der Waals surface area (Å²) in [5, 5.41) is 0. The van der Waals surface area contributed by atoms with Crippen LogP contribution in [-0.2, 0) is 14.3 Å². The Bertz CT molecular complexity index is 1060. The Kier molecular flexibility index (Phi) is 6.74. The van der Waals surface area contributed by atoms with Gasteiger partial charge >= 0.3 is 5.97 Å². The van der Waals surface area contributed by atoms with Gasteiger partial charge in [0.25, 0.3) is 5.91 Å². The maximum absolute atomic E-state index is 12.3. The molecule has 0 bridgehead atoms. The number of ether oxygens (including phenoxy) is 3. The van der Waals surface area contributed by atoms with Gasteiger partial charge in [0, 0.05) is 19.7 Å². The molecule has 0 N–H and O–H groups in total. The standard InChI is InChI=1S/C24H26N2O5/c1-6-29-21-14-17(11-12-20(21)30-16(3)23(27)26(4)5)13-19-24(28)31-22(25-19)18-10-8-7-9-15(18)2/h7-14,16H,6H2,1-5H3/b19-13+/t16-/m1/s1. The van der Waals surface area contributed by atoms with Crippen LogP contribution in [-0.4, -0.2) is 49.5 Å². The van der Waals surface area contributed by atoms with E-state index in [1.165, 1.54) is 4.90 Å². The fraction of sp³-hybridized carbons (Fsp3) is 0.292. The first-order valence-corrected chi connectivity index (χ1v) is 10.0. The number of aliphatic imine (C=N–C) groups is 1. The lowest BCUT2D eigenvalue weighted by atomic mass is 10.1. The fourth-order valence-corrected chi connectivity index (χ4v) is 3.08. The van der Waals surface area contributed by atoms with Crippen molar-refractivity contribution in [1.29, 1.82) is 0 Å². The van der Waals surface area contributed by atoms with E-state index in [1.807, 2.05) is 38.1 Å². The van der Waals surface area contributed by atoms with Crippen molar-refractivity contribution < 1.29 is 23.8 Å². The number of amides is 1. The molecule has 7 heteroatoms. The zero-order valence-electron chi connectivity index (χ0n) is 18.3. The van der Waals surface area contributed by atoms with E-state index in [0.29, 0.717) is 23.7 Å². The Balaban J connectivity index is 1.88. The summed E-state index contributed by atoms with van der Waals surface area (Å²) in [4.78, 5) is 30.3. The number of likely N-dealkylation sites (N-methyl/N-ethyl adjacent to an activating group) is 1. The molecule has 1 aliphatic rings. The van der Waals surface area contributed by atoms with E-state index in [0.717, 1.165) is 11.1 Å². The molecule has 2 aromatic carbocycles. The molecule has 1 heterocycles. The van der Waals surface area contributed by atoms with Gasteiger partial charge in [-0.2, -0.15) is 0 Å². The molecule has 0 fully saturated rings. The highest BCUT2D eigenvalue weighted by Gasteiger charge is 2.25. The lowest BCUT2D eigenvalue weighted by Crippen LogP contribution is -2.35. The largest absolute Gasteiger partial charge is 0.490 e. The summed E-state index contributed by atoms with van der Waals surface area (Å²) in [6.07, 6.45) is 0.971. The SMILES string of the molecule is CCOc1cc(/C=C2/N=C(c3ccccc3C)OC2=O)ccc1O[C@H](C)C(=O)N(C)C. The van der Waals surface area contributed by atoms with Crippen molar-refractivity contribution in [2.75, 3.05) is 20.7 Å². The zero-order valence-corrected chi connectivity index (χ0v) is 18.3. The van der Waals surface area contributed by atoms with Gasteiger partial charge in [-0.05, 0) is 56.2 Å². The van der Waals surface area contributed by atoms with Crippen molar-refractivity contribution in [1.82, 2.24) is 4.90 Å². The first-order chi connectivity index (χ1) is 14.8. The van der Waals surface area contributed by atoms with Crippen LogP contribution in [0, 0.1) is 6.92 Å². The minimum atomic E-state index is -0.663. The maximum atomic E-state index is 12.3. The quantitative estimate of drug-likeness (QED) is 0.503. The van der Waals surface area contributed by atoms with Crippen LogP contribution in [0.2, 0.25) is 0 Å². The summed E-state index contributed by atoms with van der Waals surface area (Å²) in [7, 11) is 3.35. The molecule has 0 unspecified atom stereocenters. The highest BCUT2D eigenvalue weighted by atomic mass is 16.6. The van der Waals surface area contributed by atoms with Gasteiger partial charge in [0.2, 0.25) is 5.90 Å². The number of carbonyl (C=O) groups excluding carboxylic acids is 2. The molecular formula is C24H26N2O5. The molecule has 0 saturated heterocycles. The summed E-state index contributed by atoms with van der Waals surface area (Å²) < 4.78 is 16.8. The third kappa shape index (κ3) is 5.12. The van der Waals surface area contributed by atoms with Gasteiger partial charge in [-0.15, -0.1) is 0 Å². The molecule has 2 aromatic rings. The summed E-state index contributed by atoms with van der Waals surface area (Å²) in [6, 6.07) is 12.8. The van der Waals surface area contributed by atoms with Crippen molar-refractivity contribution in [2.24, 2.45) is 4.99 Å². The van der Waals surface area contributed by atoms with E-state index >= 15 is 0 Å². The maximum Gasteiger partial charge on any atom is 0.363 e. The van der Waals surface area contributed by atoms with Crippen molar-refractivity contribution in [3.63, 3.8) is 0 Å². The predicted octanol–water partition coefficient (Wildman–Crippen LogP) is 3.59. The monoisotopic (exact) mass is 422 g/mol. The Morgan fingerprint density at radius 2 is 1.94 bits per heavy atom. The van der Waals surface area contributed by atoms with Crippen molar-refractivity contribution >= 4 is 23.9 Å². The average molecular weight is 422 g/mol. The number of nitrogens with zero attached hydrogens (tertiary/aromatic N) is 2. The van der Waals surface area contributed by atoms with Crippen LogP contribution in [0.4, 0.5) is 0 Å². The zero-order chi connectivity index (χ0) is 22.5. The minimum Gasteiger partial charge on any atom is -0.490 e. The average Bonchev–Trinajstić information content (AvgIpc) is 3.09. The van der Waals surface area contributed by atoms with E-state index in [1.54, 1.807) is 45.3 Å². The molecule has 3 rings (SSSR count). The van der Waals surface area contributed by atoms with Crippen molar-refractivity contribution in [2.45, 2.75) is 26.9 Å². The predicted molar refractivity (Wildman–Crippen MR) is 118 cm³/mol. The molecule has 1 aliphatic heterocycles. The van der Waals surface area contributed by atoms with Gasteiger partial charge in [0.15, 0.2) is 23.3 Å². The van der Waals surface area contributed by atoms with Crippen LogP contribution in [0.25, 0.3) is 6.08 Å². The molecule has 31 heavy (non-hydrogen) atoms.